The third-order valence-corrected chi connectivity index (χ3v) is 4.09. The molecule has 0 radical (unpaired) electrons. The normalized spacial score (nSPS) is 35.8. The first-order valence-electron chi connectivity index (χ1n) is 6.56. The lowest BCUT2D eigenvalue weighted by atomic mass is 9.70. The first-order chi connectivity index (χ1) is 10.5. The molecule has 24 heavy (non-hydrogen) atoms. The Bertz CT molecular complexity index is 455. The zero-order valence-corrected chi connectivity index (χ0v) is 11.9. The summed E-state index contributed by atoms with van der Waals surface area (Å²) < 4.78 is 71.3. The summed E-state index contributed by atoms with van der Waals surface area (Å²) in [7, 11) is 0. The van der Waals surface area contributed by atoms with Crippen LogP contribution in [0.3, 0.4) is 0 Å². The molecule has 0 aromatic heterocycles. The Labute approximate surface area is 130 Å². The largest absolute Gasteiger partial charge is 0.481 e. The monoisotopic (exact) mass is 368 g/mol. The molecule has 2 aliphatic carbocycles. The van der Waals surface area contributed by atoms with Gasteiger partial charge in [-0.1, -0.05) is 0 Å². The predicted molar refractivity (Wildman–Crippen MR) is 62.7 cm³/mol. The number of hydrogen-bond donors (Lipinski definition) is 4. The van der Waals surface area contributed by atoms with Gasteiger partial charge in [-0.3, -0.25) is 9.59 Å². The summed E-state index contributed by atoms with van der Waals surface area (Å²) in [6.45, 7) is 0. The molecule has 0 aliphatic heterocycles. The maximum absolute atomic E-state index is 11.9. The van der Waals surface area contributed by atoms with Gasteiger partial charge >= 0.3 is 24.3 Å². The van der Waals surface area contributed by atoms with Gasteiger partial charge < -0.3 is 20.4 Å². The molecule has 2 saturated carbocycles. The van der Waals surface area contributed by atoms with E-state index in [4.69, 9.17) is 20.4 Å². The lowest BCUT2D eigenvalue weighted by Crippen LogP contribution is -2.56. The Kier molecular flexibility index (Phi) is 5.17. The van der Waals surface area contributed by atoms with Crippen LogP contribution in [0.1, 0.15) is 25.7 Å². The maximum atomic E-state index is 11.9. The van der Waals surface area contributed by atoms with Crippen LogP contribution in [-0.4, -0.2) is 55.9 Å². The minimum atomic E-state index is -4.71. The summed E-state index contributed by atoms with van der Waals surface area (Å²) >= 11 is 0. The van der Waals surface area contributed by atoms with Crippen LogP contribution in [0.25, 0.3) is 0 Å². The van der Waals surface area contributed by atoms with Crippen molar-refractivity contribution >= 4 is 11.9 Å². The second-order valence-electron chi connectivity index (χ2n) is 5.95. The number of rotatable bonds is 2. The summed E-state index contributed by atoms with van der Waals surface area (Å²) in [5.41, 5.74) is -5.54. The summed E-state index contributed by atoms with van der Waals surface area (Å²) in [5.74, 6) is -4.69. The summed E-state index contributed by atoms with van der Waals surface area (Å²) in [4.78, 5) is 20.2. The minimum Gasteiger partial charge on any atom is -0.481 e. The van der Waals surface area contributed by atoms with Gasteiger partial charge in [-0.05, 0) is 25.7 Å². The fourth-order valence-corrected chi connectivity index (χ4v) is 2.32. The van der Waals surface area contributed by atoms with Gasteiger partial charge in [0.25, 0.3) is 0 Å². The van der Waals surface area contributed by atoms with E-state index in [0.29, 0.717) is 0 Å². The van der Waals surface area contributed by atoms with Crippen molar-refractivity contribution in [2.24, 2.45) is 11.8 Å². The van der Waals surface area contributed by atoms with Crippen LogP contribution in [0.4, 0.5) is 26.3 Å². The molecular formula is C12H14F6O6. The van der Waals surface area contributed by atoms with Gasteiger partial charge in [0.1, 0.15) is 0 Å². The quantitative estimate of drug-likeness (QED) is 0.550. The zero-order valence-electron chi connectivity index (χ0n) is 11.9. The third-order valence-electron chi connectivity index (χ3n) is 4.09. The van der Waals surface area contributed by atoms with E-state index in [9.17, 15) is 35.9 Å². The smallest absolute Gasteiger partial charge is 0.417 e. The van der Waals surface area contributed by atoms with Crippen LogP contribution in [0.2, 0.25) is 0 Å². The van der Waals surface area contributed by atoms with Crippen LogP contribution >= 0.6 is 0 Å². The Morgan fingerprint density at radius 1 is 0.708 bits per heavy atom. The molecule has 0 bridgehead atoms. The number of carbonyl (C=O) groups is 2. The van der Waals surface area contributed by atoms with Gasteiger partial charge in [-0.15, -0.1) is 0 Å². The topological polar surface area (TPSA) is 115 Å². The molecule has 12 heteroatoms. The van der Waals surface area contributed by atoms with Crippen molar-refractivity contribution in [2.45, 2.75) is 49.2 Å². The standard InChI is InChI=1S/2C6H7F3O3/c2*7-6(8,9)5(12)1-3(2-5)4(10)11/h2*3,12H,1-2H2,(H,10,11). The lowest BCUT2D eigenvalue weighted by Gasteiger charge is -2.42. The van der Waals surface area contributed by atoms with Gasteiger partial charge in [0.2, 0.25) is 0 Å². The van der Waals surface area contributed by atoms with Gasteiger partial charge in [0, 0.05) is 0 Å². The molecule has 0 aromatic carbocycles. The Balaban J connectivity index is 0.000000240. The Hall–Kier alpha value is -1.56. The molecule has 0 heterocycles. The predicted octanol–water partition coefficient (Wildman–Crippen LogP) is 1.55. The molecule has 2 aliphatic rings. The van der Waals surface area contributed by atoms with Crippen molar-refractivity contribution < 1.29 is 56.4 Å². The van der Waals surface area contributed by atoms with Crippen LogP contribution in [0.15, 0.2) is 0 Å². The van der Waals surface area contributed by atoms with E-state index < -0.39 is 73.0 Å². The summed E-state index contributed by atoms with van der Waals surface area (Å²) in [6.07, 6.45) is -12.3. The van der Waals surface area contributed by atoms with Gasteiger partial charge in [0.05, 0.1) is 11.8 Å². The van der Waals surface area contributed by atoms with Crippen molar-refractivity contribution in [3.8, 4) is 0 Å². The van der Waals surface area contributed by atoms with Crippen LogP contribution in [-0.2, 0) is 9.59 Å². The molecular weight excluding hydrogens is 354 g/mol. The van der Waals surface area contributed by atoms with Gasteiger partial charge in [-0.25, -0.2) is 0 Å². The SMILES string of the molecule is O=C(O)C1CC(O)(C(F)(F)F)C1.O=C(O)C1CC(O)(C(F)(F)F)C1. The number of alkyl halides is 6. The number of hydrogen-bond acceptors (Lipinski definition) is 4. The lowest BCUT2D eigenvalue weighted by molar-refractivity contribution is -0.297. The Morgan fingerprint density at radius 2 is 0.917 bits per heavy atom. The van der Waals surface area contributed by atoms with Gasteiger partial charge in [0.15, 0.2) is 11.2 Å². The van der Waals surface area contributed by atoms with E-state index >= 15 is 0 Å². The summed E-state index contributed by atoms with van der Waals surface area (Å²) in [5, 5.41) is 34.1. The first-order valence-corrected chi connectivity index (χ1v) is 6.56. The van der Waals surface area contributed by atoms with E-state index in [2.05, 4.69) is 0 Å². The molecule has 140 valence electrons. The molecule has 2 fully saturated rings. The molecule has 0 saturated heterocycles. The highest BCUT2D eigenvalue weighted by Gasteiger charge is 2.63. The second-order valence-corrected chi connectivity index (χ2v) is 5.95. The van der Waals surface area contributed by atoms with Crippen molar-refractivity contribution in [1.82, 2.24) is 0 Å². The highest BCUT2D eigenvalue weighted by atomic mass is 19.4. The molecule has 2 rings (SSSR count). The van der Waals surface area contributed by atoms with Crippen molar-refractivity contribution in [2.75, 3.05) is 0 Å². The maximum Gasteiger partial charge on any atom is 0.417 e. The minimum absolute atomic E-state index is 0.730. The highest BCUT2D eigenvalue weighted by Crippen LogP contribution is 2.49. The molecule has 6 nitrogen and oxygen atoms in total. The fourth-order valence-electron chi connectivity index (χ4n) is 2.32. The van der Waals surface area contributed by atoms with E-state index in [1.807, 2.05) is 0 Å². The van der Waals surface area contributed by atoms with Crippen molar-refractivity contribution in [3.63, 3.8) is 0 Å². The Morgan fingerprint density at radius 3 is 1.04 bits per heavy atom. The van der Waals surface area contributed by atoms with E-state index in [1.54, 1.807) is 0 Å². The molecule has 0 spiro atoms. The number of halogens is 6. The van der Waals surface area contributed by atoms with Crippen LogP contribution < -0.4 is 0 Å². The van der Waals surface area contributed by atoms with E-state index in [1.165, 1.54) is 0 Å². The van der Waals surface area contributed by atoms with E-state index in [0.717, 1.165) is 0 Å². The molecule has 0 amide bonds. The van der Waals surface area contributed by atoms with Crippen molar-refractivity contribution in [3.05, 3.63) is 0 Å². The number of carboxylic acids is 2. The molecule has 0 aromatic rings. The molecule has 0 unspecified atom stereocenters. The third kappa shape index (κ3) is 3.91. The fraction of sp³-hybridized carbons (Fsp3) is 0.833. The van der Waals surface area contributed by atoms with Crippen LogP contribution in [0, 0.1) is 11.8 Å². The van der Waals surface area contributed by atoms with E-state index in [-0.39, 0.29) is 0 Å². The second kappa shape index (κ2) is 6.06. The average molecular weight is 368 g/mol. The van der Waals surface area contributed by atoms with Crippen molar-refractivity contribution in [1.29, 1.82) is 0 Å². The first kappa shape index (κ1) is 20.5. The number of aliphatic carboxylic acids is 2. The molecule has 4 N–H and O–H groups in total. The average Bonchev–Trinajstić information content (AvgIpc) is 2.28. The number of aliphatic hydroxyl groups is 2. The summed E-state index contributed by atoms with van der Waals surface area (Å²) in [6, 6.07) is 0. The van der Waals surface area contributed by atoms with Crippen LogP contribution in [0.5, 0.6) is 0 Å². The highest BCUT2D eigenvalue weighted by molar-refractivity contribution is 5.72. The zero-order chi connectivity index (χ0) is 19.1. The van der Waals surface area contributed by atoms with Gasteiger partial charge in [-0.2, -0.15) is 26.3 Å². The number of carboxylic acid groups (broad SMARTS) is 2. The molecule has 0 atom stereocenters.